The average Bonchev–Trinajstić information content (AvgIpc) is 3.26. The number of thioether (sulfide) groups is 1. The van der Waals surface area contributed by atoms with Gasteiger partial charge in [0.25, 0.3) is 5.91 Å². The normalized spacial score (nSPS) is 10.8. The lowest BCUT2D eigenvalue weighted by Gasteiger charge is -2.06. The summed E-state index contributed by atoms with van der Waals surface area (Å²) in [6, 6.07) is 5.46. The van der Waals surface area contributed by atoms with E-state index >= 15 is 0 Å². The van der Waals surface area contributed by atoms with E-state index in [1.807, 2.05) is 6.07 Å². The van der Waals surface area contributed by atoms with Crippen molar-refractivity contribution in [3.05, 3.63) is 39.2 Å². The number of thiophene rings is 1. The maximum absolute atomic E-state index is 12.5. The first kappa shape index (κ1) is 22.5. The van der Waals surface area contributed by atoms with E-state index in [-0.39, 0.29) is 29.7 Å². The van der Waals surface area contributed by atoms with Crippen molar-refractivity contribution in [1.82, 2.24) is 10.3 Å². The Morgan fingerprint density at radius 1 is 1.27 bits per heavy atom. The van der Waals surface area contributed by atoms with Crippen LogP contribution in [0.25, 0.3) is 10.2 Å². The van der Waals surface area contributed by atoms with Gasteiger partial charge in [-0.2, -0.15) is 0 Å². The summed E-state index contributed by atoms with van der Waals surface area (Å²) >= 11 is 9.79. The predicted molar refractivity (Wildman–Crippen MR) is 122 cm³/mol. The summed E-state index contributed by atoms with van der Waals surface area (Å²) in [7, 11) is 1.51. The van der Waals surface area contributed by atoms with Crippen molar-refractivity contribution >= 4 is 79.0 Å². The van der Waals surface area contributed by atoms with Crippen LogP contribution in [0.4, 0.5) is 5.00 Å². The molecule has 0 saturated heterocycles. The van der Waals surface area contributed by atoms with E-state index in [1.165, 1.54) is 30.1 Å². The summed E-state index contributed by atoms with van der Waals surface area (Å²) in [6.45, 7) is 3.54. The molecule has 2 amide bonds. The quantitative estimate of drug-likeness (QED) is 0.377. The number of benzene rings is 1. The van der Waals surface area contributed by atoms with E-state index in [2.05, 4.69) is 15.6 Å². The number of anilines is 1. The lowest BCUT2D eigenvalue weighted by atomic mass is 10.1. The van der Waals surface area contributed by atoms with Crippen molar-refractivity contribution in [2.24, 2.45) is 0 Å². The van der Waals surface area contributed by atoms with Crippen LogP contribution < -0.4 is 10.6 Å². The smallest absolute Gasteiger partial charge is 0.341 e. The molecule has 0 saturated carbocycles. The van der Waals surface area contributed by atoms with Gasteiger partial charge in [0, 0.05) is 12.1 Å². The molecule has 0 fully saturated rings. The van der Waals surface area contributed by atoms with Crippen LogP contribution >= 0.6 is 46.0 Å². The Balaban J connectivity index is 1.75. The Labute approximate surface area is 190 Å². The minimum absolute atomic E-state index is 0.0993. The molecular formula is C19H18ClN3O4S3. The number of carbonyl (C=O) groups excluding carboxylic acids is 3. The summed E-state index contributed by atoms with van der Waals surface area (Å²) in [5, 5.41) is 6.18. The van der Waals surface area contributed by atoms with Crippen LogP contribution in [0.2, 0.25) is 5.02 Å². The fourth-order valence-corrected chi connectivity index (χ4v) is 5.78. The van der Waals surface area contributed by atoms with Crippen LogP contribution in [-0.4, -0.2) is 42.2 Å². The molecule has 7 nitrogen and oxygen atoms in total. The lowest BCUT2D eigenvalue weighted by molar-refractivity contribution is -0.113. The van der Waals surface area contributed by atoms with Gasteiger partial charge in [0.05, 0.1) is 33.0 Å². The van der Waals surface area contributed by atoms with Crippen molar-refractivity contribution in [2.45, 2.75) is 18.2 Å². The summed E-state index contributed by atoms with van der Waals surface area (Å²) in [5.74, 6) is -1.12. The number of thiazole rings is 1. The highest BCUT2D eigenvalue weighted by Gasteiger charge is 2.26. The molecule has 158 valence electrons. The molecule has 0 aliphatic heterocycles. The van der Waals surface area contributed by atoms with Crippen LogP contribution in [0.3, 0.4) is 0 Å². The van der Waals surface area contributed by atoms with Gasteiger partial charge >= 0.3 is 5.97 Å². The molecule has 0 spiro atoms. The molecular weight excluding hydrogens is 466 g/mol. The number of fused-ring (bicyclic) bond motifs is 1. The van der Waals surface area contributed by atoms with Crippen molar-refractivity contribution in [3.63, 3.8) is 0 Å². The zero-order valence-corrected chi connectivity index (χ0v) is 19.5. The molecule has 2 N–H and O–H groups in total. The van der Waals surface area contributed by atoms with Gasteiger partial charge in [0.1, 0.15) is 5.00 Å². The molecule has 2 heterocycles. The minimum Gasteiger partial charge on any atom is -0.462 e. The predicted octanol–water partition coefficient (Wildman–Crippen LogP) is 4.59. The maximum Gasteiger partial charge on any atom is 0.341 e. The number of halogens is 1. The number of nitrogens with one attached hydrogen (secondary N) is 2. The fourth-order valence-electron chi connectivity index (χ4n) is 2.61. The van der Waals surface area contributed by atoms with E-state index in [9.17, 15) is 14.4 Å². The summed E-state index contributed by atoms with van der Waals surface area (Å²) in [6.07, 6.45) is 0. The van der Waals surface area contributed by atoms with E-state index in [1.54, 1.807) is 26.0 Å². The van der Waals surface area contributed by atoms with Crippen LogP contribution in [0, 0.1) is 6.92 Å². The number of hydrogen-bond donors (Lipinski definition) is 2. The number of aromatic nitrogens is 1. The van der Waals surface area contributed by atoms with Crippen molar-refractivity contribution < 1.29 is 19.1 Å². The molecule has 0 bridgehead atoms. The molecule has 1 aromatic carbocycles. The van der Waals surface area contributed by atoms with E-state index in [0.29, 0.717) is 20.5 Å². The van der Waals surface area contributed by atoms with E-state index in [4.69, 9.17) is 16.3 Å². The van der Waals surface area contributed by atoms with Gasteiger partial charge in [-0.15, -0.1) is 22.7 Å². The highest BCUT2D eigenvalue weighted by molar-refractivity contribution is 8.01. The second-order valence-corrected chi connectivity index (χ2v) is 9.70. The molecule has 0 radical (unpaired) electrons. The van der Waals surface area contributed by atoms with Gasteiger partial charge in [-0.05, 0) is 37.6 Å². The molecule has 0 unspecified atom stereocenters. The number of esters is 1. The number of carbonyl (C=O) groups is 3. The van der Waals surface area contributed by atoms with Crippen LogP contribution in [0.15, 0.2) is 22.5 Å². The molecule has 30 heavy (non-hydrogen) atoms. The van der Waals surface area contributed by atoms with Crippen molar-refractivity contribution in [2.75, 3.05) is 24.7 Å². The molecule has 3 aromatic rings. The van der Waals surface area contributed by atoms with Gasteiger partial charge in [-0.25, -0.2) is 9.78 Å². The molecule has 0 aliphatic carbocycles. The van der Waals surface area contributed by atoms with Crippen LogP contribution in [0.1, 0.15) is 32.5 Å². The fraction of sp³-hybridized carbons (Fsp3) is 0.263. The van der Waals surface area contributed by atoms with Crippen LogP contribution in [0.5, 0.6) is 0 Å². The van der Waals surface area contributed by atoms with Crippen molar-refractivity contribution in [3.8, 4) is 0 Å². The Hall–Kier alpha value is -2.14. The third kappa shape index (κ3) is 4.94. The Morgan fingerprint density at radius 3 is 2.73 bits per heavy atom. The highest BCUT2D eigenvalue weighted by Crippen LogP contribution is 2.35. The van der Waals surface area contributed by atoms with E-state index in [0.717, 1.165) is 25.9 Å². The van der Waals surface area contributed by atoms with E-state index < -0.39 is 5.97 Å². The molecule has 0 atom stereocenters. The molecule has 2 aromatic heterocycles. The second-order valence-electron chi connectivity index (χ2n) is 5.99. The van der Waals surface area contributed by atoms with Crippen LogP contribution in [-0.2, 0) is 9.53 Å². The summed E-state index contributed by atoms with van der Waals surface area (Å²) < 4.78 is 6.81. The highest BCUT2D eigenvalue weighted by atomic mass is 35.5. The Kier molecular flexibility index (Phi) is 7.35. The molecule has 3 rings (SSSR count). The van der Waals surface area contributed by atoms with Gasteiger partial charge in [-0.3, -0.25) is 9.59 Å². The zero-order valence-electron chi connectivity index (χ0n) is 16.3. The Bertz CT molecular complexity index is 1130. The lowest BCUT2D eigenvalue weighted by Crippen LogP contribution is -2.18. The van der Waals surface area contributed by atoms with Gasteiger partial charge in [0.15, 0.2) is 4.34 Å². The number of nitrogens with zero attached hydrogens (tertiary/aromatic N) is 1. The number of amides is 2. The monoisotopic (exact) mass is 483 g/mol. The van der Waals surface area contributed by atoms with Gasteiger partial charge < -0.3 is 15.4 Å². The number of rotatable bonds is 7. The third-order valence-electron chi connectivity index (χ3n) is 3.97. The average molecular weight is 484 g/mol. The first-order valence-electron chi connectivity index (χ1n) is 8.85. The maximum atomic E-state index is 12.5. The second kappa shape index (κ2) is 9.78. The summed E-state index contributed by atoms with van der Waals surface area (Å²) in [4.78, 5) is 41.8. The van der Waals surface area contributed by atoms with Gasteiger partial charge in [0.2, 0.25) is 5.91 Å². The number of ether oxygens (including phenoxy) is 1. The summed E-state index contributed by atoms with van der Waals surface area (Å²) in [5.41, 5.74) is 1.46. The topological polar surface area (TPSA) is 97.4 Å². The Morgan fingerprint density at radius 2 is 2.03 bits per heavy atom. The first-order valence-corrected chi connectivity index (χ1v) is 11.8. The first-order chi connectivity index (χ1) is 14.3. The standard InChI is InChI=1S/C19H18ClN3O4S3/c1-4-27-18(26)14-9(2)15(16(25)21-3)30-17(14)23-13(24)8-28-19-22-11-7-10(20)5-6-12(11)29-19/h5-7H,4,8H2,1-3H3,(H,21,25)(H,23,24). The minimum atomic E-state index is -0.576. The molecule has 11 heteroatoms. The third-order valence-corrected chi connectivity index (χ3v) is 7.59. The zero-order chi connectivity index (χ0) is 21.8. The molecule has 0 aliphatic rings. The van der Waals surface area contributed by atoms with Gasteiger partial charge in [-0.1, -0.05) is 23.4 Å². The number of hydrogen-bond acceptors (Lipinski definition) is 8. The SMILES string of the molecule is CCOC(=O)c1c(NC(=O)CSc2nc3cc(Cl)ccc3s2)sc(C(=O)NC)c1C. The van der Waals surface area contributed by atoms with Crippen molar-refractivity contribution in [1.29, 1.82) is 0 Å². The largest absolute Gasteiger partial charge is 0.462 e.